The predicted molar refractivity (Wildman–Crippen MR) is 57.2 cm³/mol. The molecule has 1 rings (SSSR count). The lowest BCUT2D eigenvalue weighted by molar-refractivity contribution is -0.369. The number of esters is 1. The molecule has 0 aliphatic rings. The molecular formula is C10H10F2O4S. The molecule has 0 aromatic heterocycles. The highest BCUT2D eigenvalue weighted by atomic mass is 32.1. The van der Waals surface area contributed by atoms with Crippen LogP contribution in [0, 0.1) is 0 Å². The molecule has 1 aromatic rings. The van der Waals surface area contributed by atoms with Crippen molar-refractivity contribution in [2.45, 2.75) is 12.5 Å². The first kappa shape index (κ1) is 13.9. The van der Waals surface area contributed by atoms with Crippen LogP contribution in [0.2, 0.25) is 0 Å². The number of hydrogen-bond acceptors (Lipinski definition) is 5. The summed E-state index contributed by atoms with van der Waals surface area (Å²) in [7, 11) is 0. The minimum absolute atomic E-state index is 0.172. The highest BCUT2D eigenvalue weighted by molar-refractivity contribution is 7.74. The van der Waals surface area contributed by atoms with Gasteiger partial charge in [0.25, 0.3) is 0 Å². The van der Waals surface area contributed by atoms with Crippen LogP contribution in [0.25, 0.3) is 0 Å². The molecule has 0 saturated carbocycles. The van der Waals surface area contributed by atoms with Gasteiger partial charge in [-0.15, -0.1) is 4.89 Å². The van der Waals surface area contributed by atoms with Crippen LogP contribution in [-0.2, 0) is 25.2 Å². The van der Waals surface area contributed by atoms with Crippen LogP contribution in [0.4, 0.5) is 8.78 Å². The van der Waals surface area contributed by atoms with Crippen LogP contribution < -0.4 is 0 Å². The van der Waals surface area contributed by atoms with Gasteiger partial charge in [-0.3, -0.25) is 0 Å². The van der Waals surface area contributed by atoms with E-state index in [-0.39, 0.29) is 6.61 Å². The van der Waals surface area contributed by atoms with Crippen molar-refractivity contribution in [1.82, 2.24) is 0 Å². The zero-order valence-corrected chi connectivity index (χ0v) is 9.53. The van der Waals surface area contributed by atoms with Crippen molar-refractivity contribution in [3.05, 3.63) is 35.9 Å². The fraction of sp³-hybridized carbons (Fsp3) is 0.300. The van der Waals surface area contributed by atoms with Crippen molar-refractivity contribution in [1.29, 1.82) is 0 Å². The number of benzene rings is 1. The Morgan fingerprint density at radius 1 is 1.29 bits per heavy atom. The molecule has 4 nitrogen and oxygen atoms in total. The molecule has 0 bridgehead atoms. The van der Waals surface area contributed by atoms with Crippen LogP contribution in [0.5, 0.6) is 0 Å². The third-order valence-electron chi connectivity index (χ3n) is 1.85. The van der Waals surface area contributed by atoms with E-state index in [1.807, 2.05) is 6.07 Å². The average molecular weight is 264 g/mol. The molecule has 94 valence electrons. The lowest BCUT2D eigenvalue weighted by atomic mass is 10.2. The topological polar surface area (TPSA) is 44.8 Å². The molecule has 0 aliphatic heterocycles. The molecule has 0 unspecified atom stereocenters. The summed E-state index contributed by atoms with van der Waals surface area (Å²) < 4.78 is 33.1. The van der Waals surface area contributed by atoms with E-state index in [4.69, 9.17) is 0 Å². The maximum atomic E-state index is 12.7. The van der Waals surface area contributed by atoms with E-state index in [0.717, 1.165) is 5.56 Å². The van der Waals surface area contributed by atoms with E-state index in [1.54, 1.807) is 24.3 Å². The summed E-state index contributed by atoms with van der Waals surface area (Å²) in [4.78, 5) is 14.2. The molecule has 0 saturated heterocycles. The summed E-state index contributed by atoms with van der Waals surface area (Å²) in [5.41, 5.74) is 0.870. The third kappa shape index (κ3) is 4.68. The minimum atomic E-state index is -4.15. The smallest absolute Gasteiger partial charge is 0.459 e. The Labute approximate surface area is 102 Å². The Kier molecular flexibility index (Phi) is 5.33. The van der Waals surface area contributed by atoms with E-state index in [0.29, 0.717) is 6.42 Å². The van der Waals surface area contributed by atoms with Gasteiger partial charge in [0.1, 0.15) is 0 Å². The molecule has 0 atom stereocenters. The zero-order valence-electron chi connectivity index (χ0n) is 8.64. The third-order valence-corrected chi connectivity index (χ3v) is 1.92. The van der Waals surface area contributed by atoms with Gasteiger partial charge >= 0.3 is 12.1 Å². The van der Waals surface area contributed by atoms with Gasteiger partial charge in [0.2, 0.25) is 0 Å². The van der Waals surface area contributed by atoms with Gasteiger partial charge < -0.3 is 4.74 Å². The quantitative estimate of drug-likeness (QED) is 0.281. The molecule has 0 N–H and O–H groups in total. The summed E-state index contributed by atoms with van der Waals surface area (Å²) in [5.74, 6) is -1.82. The minimum Gasteiger partial charge on any atom is -0.459 e. The van der Waals surface area contributed by atoms with Crippen molar-refractivity contribution in [3.8, 4) is 0 Å². The number of carbonyl (C=O) groups excluding carboxylic acids is 1. The average Bonchev–Trinajstić information content (AvgIpc) is 2.30. The Bertz CT molecular complexity index is 359. The fourth-order valence-electron chi connectivity index (χ4n) is 1.07. The molecule has 0 aliphatic carbocycles. The second-order valence-electron chi connectivity index (χ2n) is 3.05. The van der Waals surface area contributed by atoms with Crippen LogP contribution in [0.1, 0.15) is 5.56 Å². The summed E-state index contributed by atoms with van der Waals surface area (Å²) in [6, 6.07) is 8.99. The number of ether oxygens (including phenoxy) is 1. The lowest BCUT2D eigenvalue weighted by Gasteiger charge is -2.12. The first-order chi connectivity index (χ1) is 8.06. The van der Waals surface area contributed by atoms with Crippen LogP contribution in [-0.4, -0.2) is 18.7 Å². The van der Waals surface area contributed by atoms with E-state index < -0.39 is 12.1 Å². The van der Waals surface area contributed by atoms with Gasteiger partial charge in [-0.05, 0) is 5.56 Å². The van der Waals surface area contributed by atoms with Gasteiger partial charge in [-0.25, -0.2) is 4.79 Å². The fourth-order valence-corrected chi connectivity index (χ4v) is 1.16. The summed E-state index contributed by atoms with van der Waals surface area (Å²) in [5, 5.41) is 0. The monoisotopic (exact) mass is 264 g/mol. The van der Waals surface area contributed by atoms with Gasteiger partial charge in [-0.2, -0.15) is 13.1 Å². The van der Waals surface area contributed by atoms with Gasteiger partial charge in [-0.1, -0.05) is 30.3 Å². The second-order valence-corrected chi connectivity index (χ2v) is 3.20. The van der Waals surface area contributed by atoms with Gasteiger partial charge in [0.05, 0.1) is 6.61 Å². The first-order valence-electron chi connectivity index (χ1n) is 4.64. The Morgan fingerprint density at radius 2 is 1.94 bits per heavy atom. The Balaban J connectivity index is 2.34. The zero-order chi connectivity index (χ0) is 12.7. The van der Waals surface area contributed by atoms with E-state index in [9.17, 15) is 13.6 Å². The van der Waals surface area contributed by atoms with Gasteiger partial charge in [0.15, 0.2) is 0 Å². The van der Waals surface area contributed by atoms with Crippen LogP contribution >= 0.6 is 12.9 Å². The van der Waals surface area contributed by atoms with Crippen molar-refractivity contribution in [2.24, 2.45) is 0 Å². The maximum absolute atomic E-state index is 12.7. The van der Waals surface area contributed by atoms with E-state index in [2.05, 4.69) is 26.9 Å². The highest BCUT2D eigenvalue weighted by Gasteiger charge is 2.44. The molecule has 1 aromatic carbocycles. The molecule has 0 fully saturated rings. The molecule has 0 heterocycles. The first-order valence-corrected chi connectivity index (χ1v) is 5.01. The van der Waals surface area contributed by atoms with Crippen LogP contribution in [0.15, 0.2) is 30.3 Å². The molecule has 0 spiro atoms. The Morgan fingerprint density at radius 3 is 2.53 bits per heavy atom. The number of carbonyl (C=O) groups is 1. The molecule has 0 amide bonds. The Hall–Kier alpha value is -1.18. The van der Waals surface area contributed by atoms with Crippen molar-refractivity contribution < 1.29 is 27.5 Å². The largest absolute Gasteiger partial charge is 0.483 e. The number of halogens is 2. The number of thiol groups is 1. The van der Waals surface area contributed by atoms with Crippen molar-refractivity contribution in [2.75, 3.05) is 6.61 Å². The summed E-state index contributed by atoms with van der Waals surface area (Å²) in [6.45, 7) is -0.172. The van der Waals surface area contributed by atoms with E-state index in [1.165, 1.54) is 0 Å². The molecule has 0 radical (unpaired) electrons. The van der Waals surface area contributed by atoms with Gasteiger partial charge in [0, 0.05) is 19.3 Å². The normalized spacial score (nSPS) is 11.2. The predicted octanol–water partition coefficient (Wildman–Crippen LogP) is 2.16. The summed E-state index contributed by atoms with van der Waals surface area (Å²) in [6.07, 6.45) is -3.82. The van der Waals surface area contributed by atoms with Crippen LogP contribution in [0.3, 0.4) is 0 Å². The SMILES string of the molecule is O=C(OCCc1ccccc1)C(F)(F)OOS. The number of rotatable bonds is 6. The van der Waals surface area contributed by atoms with Crippen molar-refractivity contribution >= 4 is 18.9 Å². The van der Waals surface area contributed by atoms with E-state index >= 15 is 0 Å². The molecule has 17 heavy (non-hydrogen) atoms. The highest BCUT2D eigenvalue weighted by Crippen LogP contribution is 2.18. The maximum Gasteiger partial charge on any atom is 0.483 e. The molecular weight excluding hydrogens is 254 g/mol. The summed E-state index contributed by atoms with van der Waals surface area (Å²) >= 11 is 2.95. The number of alkyl halides is 2. The van der Waals surface area contributed by atoms with Crippen molar-refractivity contribution in [3.63, 3.8) is 0 Å². The number of hydrogen-bond donors (Lipinski definition) is 1. The lowest BCUT2D eigenvalue weighted by Crippen LogP contribution is -2.33. The molecule has 7 heteroatoms. The second kappa shape index (κ2) is 6.53. The standard InChI is InChI=1S/C10H10F2O4S/c11-10(12,15-16-17)9(13)14-7-6-8-4-2-1-3-5-8/h1-5,17H,6-7H2.